The Morgan fingerprint density at radius 2 is 1.90 bits per heavy atom. The standard InChI is InChI=1S/C15H18N4O/c20-15(10-13-11-16-12-17-13)19-8-6-18(7-9-19)14-4-2-1-3-5-14/h1-5,11-12H,6-10H2,(H,16,17). The van der Waals surface area contributed by atoms with Gasteiger partial charge in [-0.2, -0.15) is 0 Å². The number of imidazole rings is 1. The Morgan fingerprint density at radius 3 is 2.55 bits per heavy atom. The van der Waals surface area contributed by atoms with E-state index < -0.39 is 0 Å². The minimum atomic E-state index is 0.168. The van der Waals surface area contributed by atoms with Gasteiger partial charge in [0, 0.05) is 43.8 Å². The largest absolute Gasteiger partial charge is 0.368 e. The summed E-state index contributed by atoms with van der Waals surface area (Å²) in [7, 11) is 0. The number of anilines is 1. The lowest BCUT2D eigenvalue weighted by atomic mass is 10.2. The summed E-state index contributed by atoms with van der Waals surface area (Å²) in [6, 6.07) is 10.3. The average Bonchev–Trinajstić information content (AvgIpc) is 3.01. The fourth-order valence-electron chi connectivity index (χ4n) is 2.51. The highest BCUT2D eigenvalue weighted by atomic mass is 16.2. The number of para-hydroxylation sites is 1. The predicted octanol–water partition coefficient (Wildman–Crippen LogP) is 1.30. The van der Waals surface area contributed by atoms with Crippen LogP contribution in [0.5, 0.6) is 0 Å². The van der Waals surface area contributed by atoms with Crippen molar-refractivity contribution in [3.63, 3.8) is 0 Å². The number of aromatic nitrogens is 2. The van der Waals surface area contributed by atoms with Crippen LogP contribution in [0.2, 0.25) is 0 Å². The van der Waals surface area contributed by atoms with Gasteiger partial charge in [-0.05, 0) is 12.1 Å². The van der Waals surface area contributed by atoms with Crippen molar-refractivity contribution in [3.8, 4) is 0 Å². The highest BCUT2D eigenvalue weighted by molar-refractivity contribution is 5.78. The lowest BCUT2D eigenvalue weighted by Crippen LogP contribution is -2.49. The smallest absolute Gasteiger partial charge is 0.228 e. The molecule has 1 N–H and O–H groups in total. The Bertz CT molecular complexity index is 545. The van der Waals surface area contributed by atoms with E-state index in [2.05, 4.69) is 27.0 Å². The fraction of sp³-hybridized carbons (Fsp3) is 0.333. The van der Waals surface area contributed by atoms with Crippen molar-refractivity contribution in [1.29, 1.82) is 0 Å². The van der Waals surface area contributed by atoms with Gasteiger partial charge in [0.2, 0.25) is 5.91 Å². The fourth-order valence-corrected chi connectivity index (χ4v) is 2.51. The lowest BCUT2D eigenvalue weighted by molar-refractivity contribution is -0.130. The van der Waals surface area contributed by atoms with Crippen molar-refractivity contribution >= 4 is 11.6 Å². The number of hydrogen-bond donors (Lipinski definition) is 1. The van der Waals surface area contributed by atoms with Crippen molar-refractivity contribution in [2.75, 3.05) is 31.1 Å². The number of benzene rings is 1. The summed E-state index contributed by atoms with van der Waals surface area (Å²) in [5.41, 5.74) is 2.11. The first-order valence-electron chi connectivity index (χ1n) is 6.88. The molecule has 1 aliphatic heterocycles. The zero-order chi connectivity index (χ0) is 13.8. The van der Waals surface area contributed by atoms with Crippen LogP contribution in [-0.4, -0.2) is 47.0 Å². The van der Waals surface area contributed by atoms with E-state index in [1.807, 2.05) is 23.1 Å². The lowest BCUT2D eigenvalue weighted by Gasteiger charge is -2.36. The first kappa shape index (κ1) is 12.7. The number of piperazine rings is 1. The number of nitrogens with zero attached hydrogens (tertiary/aromatic N) is 3. The van der Waals surface area contributed by atoms with Gasteiger partial charge in [-0.1, -0.05) is 18.2 Å². The molecule has 1 fully saturated rings. The topological polar surface area (TPSA) is 52.2 Å². The summed E-state index contributed by atoms with van der Waals surface area (Å²) in [5, 5.41) is 0. The Kier molecular flexibility index (Phi) is 3.67. The molecule has 0 unspecified atom stereocenters. The number of carbonyl (C=O) groups is 1. The van der Waals surface area contributed by atoms with Crippen LogP contribution < -0.4 is 4.90 Å². The van der Waals surface area contributed by atoms with E-state index in [1.54, 1.807) is 12.5 Å². The molecule has 20 heavy (non-hydrogen) atoms. The minimum absolute atomic E-state index is 0.168. The number of carbonyl (C=O) groups excluding carboxylic acids is 1. The number of amides is 1. The SMILES string of the molecule is O=C(Cc1cnc[nH]1)N1CCN(c2ccccc2)CC1. The highest BCUT2D eigenvalue weighted by Gasteiger charge is 2.21. The molecule has 0 atom stereocenters. The molecule has 1 saturated heterocycles. The Labute approximate surface area is 118 Å². The van der Waals surface area contributed by atoms with Crippen LogP contribution in [0.1, 0.15) is 5.69 Å². The van der Waals surface area contributed by atoms with Gasteiger partial charge in [-0.15, -0.1) is 0 Å². The molecule has 0 radical (unpaired) electrons. The van der Waals surface area contributed by atoms with Gasteiger partial charge in [-0.3, -0.25) is 4.79 Å². The second kappa shape index (κ2) is 5.77. The molecule has 0 spiro atoms. The number of hydrogen-bond acceptors (Lipinski definition) is 3. The molecule has 104 valence electrons. The van der Waals surface area contributed by atoms with Crippen LogP contribution in [0.25, 0.3) is 0 Å². The summed E-state index contributed by atoms with van der Waals surface area (Å²) in [6.45, 7) is 3.33. The average molecular weight is 270 g/mol. The first-order chi connectivity index (χ1) is 9.83. The van der Waals surface area contributed by atoms with Crippen molar-refractivity contribution < 1.29 is 4.79 Å². The van der Waals surface area contributed by atoms with Gasteiger partial charge in [-0.25, -0.2) is 4.98 Å². The monoisotopic (exact) mass is 270 g/mol. The van der Waals surface area contributed by atoms with E-state index in [0.29, 0.717) is 6.42 Å². The molecule has 5 nitrogen and oxygen atoms in total. The van der Waals surface area contributed by atoms with Gasteiger partial charge >= 0.3 is 0 Å². The predicted molar refractivity (Wildman–Crippen MR) is 77.5 cm³/mol. The van der Waals surface area contributed by atoms with Crippen LogP contribution in [0.4, 0.5) is 5.69 Å². The molecule has 1 aromatic carbocycles. The van der Waals surface area contributed by atoms with E-state index in [4.69, 9.17) is 0 Å². The molecule has 2 aromatic rings. The van der Waals surface area contributed by atoms with Crippen molar-refractivity contribution in [3.05, 3.63) is 48.5 Å². The third kappa shape index (κ3) is 2.82. The minimum Gasteiger partial charge on any atom is -0.368 e. The van der Waals surface area contributed by atoms with Gasteiger partial charge in [0.15, 0.2) is 0 Å². The summed E-state index contributed by atoms with van der Waals surface area (Å²) in [5.74, 6) is 0.168. The quantitative estimate of drug-likeness (QED) is 0.914. The maximum atomic E-state index is 12.2. The van der Waals surface area contributed by atoms with Crippen molar-refractivity contribution in [2.45, 2.75) is 6.42 Å². The van der Waals surface area contributed by atoms with Gasteiger partial charge in [0.1, 0.15) is 0 Å². The summed E-state index contributed by atoms with van der Waals surface area (Å²) in [4.78, 5) is 23.3. The summed E-state index contributed by atoms with van der Waals surface area (Å²) >= 11 is 0. The molecule has 0 saturated carbocycles. The van der Waals surface area contributed by atoms with E-state index in [9.17, 15) is 4.79 Å². The maximum absolute atomic E-state index is 12.2. The van der Waals surface area contributed by atoms with E-state index in [-0.39, 0.29) is 5.91 Å². The molecule has 1 aromatic heterocycles. The Morgan fingerprint density at radius 1 is 1.15 bits per heavy atom. The third-order valence-electron chi connectivity index (χ3n) is 3.65. The van der Waals surface area contributed by atoms with E-state index in [1.165, 1.54) is 5.69 Å². The van der Waals surface area contributed by atoms with Crippen molar-refractivity contribution in [1.82, 2.24) is 14.9 Å². The molecular weight excluding hydrogens is 252 g/mol. The number of H-pyrrole nitrogens is 1. The zero-order valence-electron chi connectivity index (χ0n) is 11.3. The summed E-state index contributed by atoms with van der Waals surface area (Å²) < 4.78 is 0. The van der Waals surface area contributed by atoms with Gasteiger partial charge < -0.3 is 14.8 Å². The van der Waals surface area contributed by atoms with Gasteiger partial charge in [0.05, 0.1) is 12.7 Å². The molecule has 0 bridgehead atoms. The van der Waals surface area contributed by atoms with Gasteiger partial charge in [0.25, 0.3) is 0 Å². The third-order valence-corrected chi connectivity index (χ3v) is 3.65. The highest BCUT2D eigenvalue weighted by Crippen LogP contribution is 2.15. The molecule has 5 heteroatoms. The molecule has 3 rings (SSSR count). The van der Waals surface area contributed by atoms with Crippen LogP contribution in [0.3, 0.4) is 0 Å². The van der Waals surface area contributed by atoms with E-state index in [0.717, 1.165) is 31.9 Å². The molecule has 1 aliphatic rings. The maximum Gasteiger partial charge on any atom is 0.228 e. The molecule has 1 amide bonds. The zero-order valence-corrected chi connectivity index (χ0v) is 11.3. The van der Waals surface area contributed by atoms with E-state index >= 15 is 0 Å². The van der Waals surface area contributed by atoms with Crippen LogP contribution >= 0.6 is 0 Å². The van der Waals surface area contributed by atoms with Crippen molar-refractivity contribution in [2.24, 2.45) is 0 Å². The first-order valence-corrected chi connectivity index (χ1v) is 6.88. The Balaban J connectivity index is 1.54. The second-order valence-corrected chi connectivity index (χ2v) is 4.96. The number of rotatable bonds is 3. The van der Waals surface area contributed by atoms with Crippen LogP contribution in [-0.2, 0) is 11.2 Å². The normalized spacial score (nSPS) is 15.4. The molecular formula is C15H18N4O. The summed E-state index contributed by atoms with van der Waals surface area (Å²) in [6.07, 6.45) is 3.72. The number of aromatic amines is 1. The molecule has 2 heterocycles. The van der Waals surface area contributed by atoms with Crippen LogP contribution in [0, 0.1) is 0 Å². The second-order valence-electron chi connectivity index (χ2n) is 4.96. The molecule has 0 aliphatic carbocycles. The Hall–Kier alpha value is -2.30. The van der Waals surface area contributed by atoms with Crippen LogP contribution in [0.15, 0.2) is 42.9 Å². The number of nitrogens with one attached hydrogen (secondary N) is 1.